The van der Waals surface area contributed by atoms with Gasteiger partial charge in [-0.15, -0.1) is 0 Å². The number of hydrogen-bond acceptors (Lipinski definition) is 8. The summed E-state index contributed by atoms with van der Waals surface area (Å²) in [4.78, 5) is 54.2. The average molecular weight is 785 g/mol. The van der Waals surface area contributed by atoms with Crippen LogP contribution in [0.5, 0.6) is 0 Å². The number of esters is 2. The van der Waals surface area contributed by atoms with E-state index in [1.54, 1.807) is 20.8 Å². The van der Waals surface area contributed by atoms with Crippen LogP contribution in [0, 0.1) is 11.8 Å². The summed E-state index contributed by atoms with van der Waals surface area (Å²) in [5.41, 5.74) is 2.23. The van der Waals surface area contributed by atoms with Gasteiger partial charge in [-0.25, -0.2) is 5.43 Å². The molecule has 1 saturated heterocycles. The summed E-state index contributed by atoms with van der Waals surface area (Å²) in [5.74, 6) is -3.24. The zero-order valence-electron chi connectivity index (χ0n) is 30.8. The molecule has 2 aromatic carbocycles. The highest BCUT2D eigenvalue weighted by molar-refractivity contribution is 6.99. The van der Waals surface area contributed by atoms with E-state index in [1.165, 1.54) is 5.01 Å². The zero-order chi connectivity index (χ0) is 38.2. The molecular weight excluding hydrogens is 733 g/mol. The minimum absolute atomic E-state index is 0.170. The van der Waals surface area contributed by atoms with Crippen molar-refractivity contribution in [2.45, 2.75) is 101 Å². The molecule has 2 N–H and O–H groups in total. The smallest absolute Gasteiger partial charge is 0.325 e. The van der Waals surface area contributed by atoms with E-state index in [-0.39, 0.29) is 25.5 Å². The van der Waals surface area contributed by atoms with Crippen molar-refractivity contribution in [2.75, 3.05) is 19.8 Å². The molecule has 1 aliphatic heterocycles. The highest BCUT2D eigenvalue weighted by atomic mass is 35.6. The Morgan fingerprint density at radius 3 is 1.94 bits per heavy atom. The molecule has 14 heteroatoms. The van der Waals surface area contributed by atoms with Crippen LogP contribution in [0.1, 0.15) is 74.7 Å². The summed E-state index contributed by atoms with van der Waals surface area (Å²) >= 11 is 17.3. The minimum Gasteiger partial charge on any atom is -0.460 e. The Morgan fingerprint density at radius 2 is 1.47 bits per heavy atom. The van der Waals surface area contributed by atoms with Crippen LogP contribution in [0.25, 0.3) is 0 Å². The largest absolute Gasteiger partial charge is 0.460 e. The second-order valence-corrected chi connectivity index (χ2v) is 22.0. The second-order valence-electron chi connectivity index (χ2n) is 15.2. The number of carbonyl (C=O) groups excluding carboxylic acids is 4. The van der Waals surface area contributed by atoms with Crippen LogP contribution in [-0.4, -0.2) is 78.3 Å². The Morgan fingerprint density at radius 1 is 0.922 bits per heavy atom. The summed E-state index contributed by atoms with van der Waals surface area (Å²) in [5, 5.41) is 5.83. The van der Waals surface area contributed by atoms with Crippen LogP contribution in [0.2, 0.25) is 5.04 Å². The van der Waals surface area contributed by atoms with Crippen molar-refractivity contribution in [3.05, 3.63) is 60.7 Å². The first kappa shape index (κ1) is 42.7. The Kier molecular flexibility index (Phi) is 15.0. The van der Waals surface area contributed by atoms with Gasteiger partial charge in [0.25, 0.3) is 14.2 Å². The molecule has 0 spiro atoms. The van der Waals surface area contributed by atoms with E-state index in [1.807, 2.05) is 74.5 Å². The quantitative estimate of drug-likeness (QED) is 0.156. The molecule has 2 aromatic rings. The molecule has 0 bridgehead atoms. The van der Waals surface area contributed by atoms with Crippen molar-refractivity contribution in [2.24, 2.45) is 11.8 Å². The van der Waals surface area contributed by atoms with Gasteiger partial charge >= 0.3 is 11.9 Å². The van der Waals surface area contributed by atoms with E-state index in [2.05, 4.69) is 31.5 Å². The molecule has 3 rings (SSSR count). The lowest BCUT2D eigenvalue weighted by atomic mass is 9.91. The van der Waals surface area contributed by atoms with Crippen molar-refractivity contribution in [1.82, 2.24) is 15.8 Å². The van der Waals surface area contributed by atoms with Crippen molar-refractivity contribution in [3.8, 4) is 0 Å². The molecule has 0 unspecified atom stereocenters. The minimum atomic E-state index is -3.15. The van der Waals surface area contributed by atoms with Gasteiger partial charge in [0.2, 0.25) is 9.70 Å². The molecule has 51 heavy (non-hydrogen) atoms. The van der Waals surface area contributed by atoms with Crippen molar-refractivity contribution < 1.29 is 33.1 Å². The number of benzene rings is 2. The summed E-state index contributed by atoms with van der Waals surface area (Å²) in [6.07, 6.45) is 0.676. The molecule has 0 radical (unpaired) electrons. The van der Waals surface area contributed by atoms with Gasteiger partial charge in [0.05, 0.1) is 18.9 Å². The SMILES string of the molecule is CC(C)[C@H](CC(=O)OC(C)(C)C)C(=O)N[C@@H](CO[Si](c1ccccc1)(c1ccccc1)C(C)(C)C)C(=O)N1CCC[C@@H](C(=O)OCC(Cl)(Cl)Cl)N1. The van der Waals surface area contributed by atoms with Gasteiger partial charge in [0.15, 0.2) is 0 Å². The molecule has 282 valence electrons. The van der Waals surface area contributed by atoms with Crippen LogP contribution in [0.15, 0.2) is 60.7 Å². The lowest BCUT2D eigenvalue weighted by Crippen LogP contribution is -2.68. The number of nitrogens with zero attached hydrogens (tertiary/aromatic N) is 1. The topological polar surface area (TPSA) is 123 Å². The first-order chi connectivity index (χ1) is 23.6. The molecule has 1 aliphatic rings. The van der Waals surface area contributed by atoms with Crippen LogP contribution < -0.4 is 21.1 Å². The number of rotatable bonds is 13. The first-order valence-electron chi connectivity index (χ1n) is 17.2. The standard InChI is InChI=1S/C37H52Cl3N3O7Si/c1-25(2)28(22-31(44)50-35(3,4)5)32(45)41-30(33(46)43-21-15-20-29(42-43)34(47)48-24-37(38,39)40)23-49-51(36(6,7)8,26-16-11-9-12-17-26)27-18-13-10-14-19-27/h9-14,16-19,25,28-30,42H,15,20-24H2,1-8H3,(H,41,45)/t28-,29-,30-/m0/s1. The number of halogens is 3. The van der Waals surface area contributed by atoms with Crippen LogP contribution in [0.3, 0.4) is 0 Å². The maximum atomic E-state index is 14.4. The molecule has 1 heterocycles. The van der Waals surface area contributed by atoms with E-state index in [9.17, 15) is 19.2 Å². The number of hydrazine groups is 1. The maximum Gasteiger partial charge on any atom is 0.325 e. The fraction of sp³-hybridized carbons (Fsp3) is 0.568. The highest BCUT2D eigenvalue weighted by Gasteiger charge is 2.51. The lowest BCUT2D eigenvalue weighted by molar-refractivity contribution is -0.158. The van der Waals surface area contributed by atoms with E-state index >= 15 is 0 Å². The molecule has 0 aromatic heterocycles. The van der Waals surface area contributed by atoms with Gasteiger partial charge < -0.3 is 19.2 Å². The lowest BCUT2D eigenvalue weighted by Gasteiger charge is -2.44. The number of alkyl halides is 3. The highest BCUT2D eigenvalue weighted by Crippen LogP contribution is 2.37. The molecular formula is C37H52Cl3N3O7Si. The summed E-state index contributed by atoms with van der Waals surface area (Å²) in [6, 6.07) is 17.8. The van der Waals surface area contributed by atoms with Gasteiger partial charge in [0.1, 0.15) is 24.3 Å². The van der Waals surface area contributed by atoms with Crippen LogP contribution >= 0.6 is 34.8 Å². The predicted molar refractivity (Wildman–Crippen MR) is 203 cm³/mol. The van der Waals surface area contributed by atoms with Gasteiger partial charge in [-0.2, -0.15) is 0 Å². The monoisotopic (exact) mass is 783 g/mol. The zero-order valence-corrected chi connectivity index (χ0v) is 34.0. The number of ether oxygens (including phenoxy) is 2. The summed E-state index contributed by atoms with van der Waals surface area (Å²) < 4.78 is 16.0. The normalized spacial score (nSPS) is 17.0. The number of amides is 2. The van der Waals surface area contributed by atoms with Gasteiger partial charge in [0, 0.05) is 6.54 Å². The molecule has 0 aliphatic carbocycles. The molecule has 10 nitrogen and oxygen atoms in total. The maximum absolute atomic E-state index is 14.4. The van der Waals surface area contributed by atoms with E-state index in [0.29, 0.717) is 12.8 Å². The fourth-order valence-corrected chi connectivity index (χ4v) is 10.9. The summed E-state index contributed by atoms with van der Waals surface area (Å²) in [7, 11) is -3.15. The Labute approximate surface area is 318 Å². The molecule has 0 saturated carbocycles. The molecule has 2 amide bonds. The van der Waals surface area contributed by atoms with Gasteiger partial charge in [-0.05, 0) is 54.9 Å². The predicted octanol–water partition coefficient (Wildman–Crippen LogP) is 5.46. The van der Waals surface area contributed by atoms with Crippen LogP contribution in [0.4, 0.5) is 0 Å². The third-order valence-electron chi connectivity index (χ3n) is 8.56. The molecule has 3 atom stereocenters. The Balaban J connectivity index is 2.01. The molecule has 1 fully saturated rings. The van der Waals surface area contributed by atoms with Gasteiger partial charge in [-0.3, -0.25) is 24.2 Å². The number of carbonyl (C=O) groups is 4. The van der Waals surface area contributed by atoms with Crippen LogP contribution in [-0.2, 0) is 33.1 Å². The van der Waals surface area contributed by atoms with Crippen molar-refractivity contribution >= 4 is 77.2 Å². The summed E-state index contributed by atoms with van der Waals surface area (Å²) in [6.45, 7) is 14.9. The third kappa shape index (κ3) is 12.2. The number of hydrogen-bond donors (Lipinski definition) is 2. The van der Waals surface area contributed by atoms with Crippen molar-refractivity contribution in [1.29, 1.82) is 0 Å². The first-order valence-corrected chi connectivity index (χ1v) is 20.3. The van der Waals surface area contributed by atoms with E-state index in [4.69, 9.17) is 48.7 Å². The van der Waals surface area contributed by atoms with E-state index in [0.717, 1.165) is 10.4 Å². The van der Waals surface area contributed by atoms with E-state index < -0.39 is 71.1 Å². The Hall–Kier alpha value is -2.67. The third-order valence-corrected chi connectivity index (χ3v) is 13.9. The van der Waals surface area contributed by atoms with Crippen molar-refractivity contribution in [3.63, 3.8) is 0 Å². The average Bonchev–Trinajstić information content (AvgIpc) is 3.04. The number of nitrogens with one attached hydrogen (secondary N) is 2. The Bertz CT molecular complexity index is 1440. The van der Waals surface area contributed by atoms with Gasteiger partial charge in [-0.1, -0.05) is 130 Å². The fourth-order valence-electron chi connectivity index (χ4n) is 6.17. The second kappa shape index (κ2) is 17.9.